The number of rotatable bonds is 6. The Morgan fingerprint density at radius 2 is 1.85 bits per heavy atom. The topological polar surface area (TPSA) is 63.2 Å². The minimum absolute atomic E-state index is 0.177. The predicted molar refractivity (Wildman–Crippen MR) is 108 cm³/mol. The van der Waals surface area contributed by atoms with Gasteiger partial charge in [0.1, 0.15) is 5.75 Å². The highest BCUT2D eigenvalue weighted by molar-refractivity contribution is 6.05. The van der Waals surface area contributed by atoms with Gasteiger partial charge >= 0.3 is 0 Å². The quantitative estimate of drug-likeness (QED) is 0.675. The second kappa shape index (κ2) is 8.36. The predicted octanol–water partition coefficient (Wildman–Crippen LogP) is 4.57. The molecule has 1 amide bonds. The number of amides is 1. The number of benzene rings is 2. The molecule has 27 heavy (non-hydrogen) atoms. The number of ether oxygens (including phenoxy) is 1. The fourth-order valence-electron chi connectivity index (χ4n) is 2.69. The molecule has 5 nitrogen and oxygen atoms in total. The van der Waals surface area contributed by atoms with Gasteiger partial charge in [0.25, 0.3) is 5.91 Å². The van der Waals surface area contributed by atoms with E-state index in [0.717, 1.165) is 33.8 Å². The van der Waals surface area contributed by atoms with E-state index < -0.39 is 0 Å². The zero-order chi connectivity index (χ0) is 19.2. The lowest BCUT2D eigenvalue weighted by molar-refractivity contribution is 0.102. The van der Waals surface area contributed by atoms with Crippen LogP contribution < -0.4 is 15.4 Å². The number of pyridine rings is 1. The summed E-state index contributed by atoms with van der Waals surface area (Å²) in [7, 11) is 1.65. The third kappa shape index (κ3) is 4.64. The molecule has 138 valence electrons. The Bertz CT molecular complexity index is 937. The largest absolute Gasteiger partial charge is 0.497 e. The molecular formula is C22H23N3O2. The summed E-state index contributed by atoms with van der Waals surface area (Å²) < 4.78 is 5.16. The summed E-state index contributed by atoms with van der Waals surface area (Å²) in [6.07, 6.45) is 3.28. The molecule has 0 aliphatic heterocycles. The van der Waals surface area contributed by atoms with Gasteiger partial charge in [0.05, 0.1) is 18.4 Å². The van der Waals surface area contributed by atoms with Crippen molar-refractivity contribution >= 4 is 17.3 Å². The normalized spacial score (nSPS) is 10.3. The lowest BCUT2D eigenvalue weighted by Gasteiger charge is -2.11. The van der Waals surface area contributed by atoms with E-state index in [4.69, 9.17) is 4.74 Å². The van der Waals surface area contributed by atoms with Crippen LogP contribution in [-0.2, 0) is 6.54 Å². The van der Waals surface area contributed by atoms with E-state index in [1.165, 1.54) is 0 Å². The highest BCUT2D eigenvalue weighted by Gasteiger charge is 2.10. The Labute approximate surface area is 159 Å². The lowest BCUT2D eigenvalue weighted by Crippen LogP contribution is -2.14. The molecule has 0 unspecified atom stereocenters. The second-order valence-electron chi connectivity index (χ2n) is 6.37. The van der Waals surface area contributed by atoms with Crippen molar-refractivity contribution in [3.05, 3.63) is 83.2 Å². The highest BCUT2D eigenvalue weighted by Crippen LogP contribution is 2.19. The fourth-order valence-corrected chi connectivity index (χ4v) is 2.69. The van der Waals surface area contributed by atoms with Gasteiger partial charge in [0.15, 0.2) is 0 Å². The Morgan fingerprint density at radius 1 is 1.07 bits per heavy atom. The molecule has 2 N–H and O–H groups in total. The Balaban J connectivity index is 1.67. The molecule has 0 aliphatic rings. The van der Waals surface area contributed by atoms with E-state index in [9.17, 15) is 4.79 Å². The molecule has 0 fully saturated rings. The number of carbonyl (C=O) groups excluding carboxylic acids is 1. The van der Waals surface area contributed by atoms with Crippen molar-refractivity contribution < 1.29 is 9.53 Å². The van der Waals surface area contributed by atoms with Crippen LogP contribution in [0.3, 0.4) is 0 Å². The zero-order valence-electron chi connectivity index (χ0n) is 15.7. The van der Waals surface area contributed by atoms with Crippen LogP contribution in [0.2, 0.25) is 0 Å². The molecule has 0 aliphatic carbocycles. The van der Waals surface area contributed by atoms with Crippen LogP contribution in [0.4, 0.5) is 11.4 Å². The molecule has 0 saturated heterocycles. The van der Waals surface area contributed by atoms with Crippen molar-refractivity contribution in [2.45, 2.75) is 20.4 Å². The number of aryl methyl sites for hydroxylation is 1. The number of aromatic nitrogens is 1. The van der Waals surface area contributed by atoms with Crippen molar-refractivity contribution in [3.8, 4) is 5.75 Å². The molecule has 0 atom stereocenters. The Kier molecular flexibility index (Phi) is 5.71. The molecule has 5 heteroatoms. The van der Waals surface area contributed by atoms with Crippen LogP contribution in [0, 0.1) is 13.8 Å². The molecular weight excluding hydrogens is 338 g/mol. The molecule has 1 aromatic heterocycles. The molecule has 2 aromatic carbocycles. The monoisotopic (exact) mass is 361 g/mol. The average Bonchev–Trinajstić information content (AvgIpc) is 2.70. The fraction of sp³-hybridized carbons (Fsp3) is 0.182. The van der Waals surface area contributed by atoms with Crippen molar-refractivity contribution in [1.82, 2.24) is 4.98 Å². The second-order valence-corrected chi connectivity index (χ2v) is 6.37. The third-order valence-corrected chi connectivity index (χ3v) is 4.51. The summed E-state index contributed by atoms with van der Waals surface area (Å²) in [4.78, 5) is 16.8. The first-order chi connectivity index (χ1) is 13.1. The number of hydrogen-bond donors (Lipinski definition) is 2. The number of hydrogen-bond acceptors (Lipinski definition) is 4. The molecule has 0 radical (unpaired) electrons. The van der Waals surface area contributed by atoms with E-state index in [1.54, 1.807) is 25.6 Å². The van der Waals surface area contributed by atoms with Gasteiger partial charge in [-0.25, -0.2) is 0 Å². The first-order valence-electron chi connectivity index (χ1n) is 8.76. The molecule has 0 saturated carbocycles. The number of carbonyl (C=O) groups is 1. The van der Waals surface area contributed by atoms with Gasteiger partial charge < -0.3 is 15.4 Å². The Hall–Kier alpha value is -3.34. The summed E-state index contributed by atoms with van der Waals surface area (Å²) in [5.41, 5.74) is 5.43. The van der Waals surface area contributed by atoms with Crippen molar-refractivity contribution in [1.29, 1.82) is 0 Å². The van der Waals surface area contributed by atoms with Gasteiger partial charge in [-0.15, -0.1) is 0 Å². The number of nitrogens with zero attached hydrogens (tertiary/aromatic N) is 1. The molecule has 3 rings (SSSR count). The maximum absolute atomic E-state index is 12.6. The standard InChI is InChI=1S/C22H23N3O2/c1-15-5-4-6-21(16(15)2)25-22(26)18-11-19(14-23-13-18)24-12-17-7-9-20(27-3)10-8-17/h4-11,13-14,24H,12H2,1-3H3,(H,25,26). The lowest BCUT2D eigenvalue weighted by atomic mass is 10.1. The highest BCUT2D eigenvalue weighted by atomic mass is 16.5. The SMILES string of the molecule is COc1ccc(CNc2cncc(C(=O)Nc3cccc(C)c3C)c2)cc1. The Morgan fingerprint density at radius 3 is 2.59 bits per heavy atom. The van der Waals surface area contributed by atoms with Crippen molar-refractivity contribution in [2.75, 3.05) is 17.7 Å². The molecule has 1 heterocycles. The molecule has 0 spiro atoms. The summed E-state index contributed by atoms with van der Waals surface area (Å²) in [6, 6.07) is 15.5. The number of nitrogens with one attached hydrogen (secondary N) is 2. The average molecular weight is 361 g/mol. The third-order valence-electron chi connectivity index (χ3n) is 4.51. The molecule has 0 bridgehead atoms. The molecule has 3 aromatic rings. The smallest absolute Gasteiger partial charge is 0.257 e. The van der Waals surface area contributed by atoms with Gasteiger partial charge in [-0.05, 0) is 54.8 Å². The van der Waals surface area contributed by atoms with E-state index in [-0.39, 0.29) is 5.91 Å². The summed E-state index contributed by atoms with van der Waals surface area (Å²) >= 11 is 0. The van der Waals surface area contributed by atoms with E-state index in [0.29, 0.717) is 12.1 Å². The number of anilines is 2. The van der Waals surface area contributed by atoms with E-state index in [2.05, 4.69) is 15.6 Å². The van der Waals surface area contributed by atoms with E-state index in [1.807, 2.05) is 56.3 Å². The van der Waals surface area contributed by atoms with Crippen molar-refractivity contribution in [2.24, 2.45) is 0 Å². The van der Waals surface area contributed by atoms with Gasteiger partial charge in [0, 0.05) is 24.6 Å². The van der Waals surface area contributed by atoms with Crippen LogP contribution in [0.25, 0.3) is 0 Å². The minimum atomic E-state index is -0.177. The summed E-state index contributed by atoms with van der Waals surface area (Å²) in [5, 5.41) is 6.26. The summed E-state index contributed by atoms with van der Waals surface area (Å²) in [5.74, 6) is 0.648. The zero-order valence-corrected chi connectivity index (χ0v) is 15.7. The van der Waals surface area contributed by atoms with Crippen molar-refractivity contribution in [3.63, 3.8) is 0 Å². The van der Waals surface area contributed by atoms with Gasteiger partial charge in [-0.1, -0.05) is 24.3 Å². The first-order valence-corrected chi connectivity index (χ1v) is 8.76. The van der Waals surface area contributed by atoms with Gasteiger partial charge in [0.2, 0.25) is 0 Å². The van der Waals surface area contributed by atoms with E-state index >= 15 is 0 Å². The van der Waals surface area contributed by atoms with Crippen LogP contribution >= 0.6 is 0 Å². The van der Waals surface area contributed by atoms with Crippen LogP contribution in [0.15, 0.2) is 60.9 Å². The van der Waals surface area contributed by atoms with Crippen LogP contribution in [0.1, 0.15) is 27.0 Å². The maximum atomic E-state index is 12.6. The van der Waals surface area contributed by atoms with Crippen LogP contribution in [0.5, 0.6) is 5.75 Å². The maximum Gasteiger partial charge on any atom is 0.257 e. The number of methoxy groups -OCH3 is 1. The van der Waals surface area contributed by atoms with Crippen LogP contribution in [-0.4, -0.2) is 18.0 Å². The minimum Gasteiger partial charge on any atom is -0.497 e. The van der Waals surface area contributed by atoms with Gasteiger partial charge in [-0.3, -0.25) is 9.78 Å². The van der Waals surface area contributed by atoms with Gasteiger partial charge in [-0.2, -0.15) is 0 Å². The summed E-state index contributed by atoms with van der Waals surface area (Å²) in [6.45, 7) is 4.65. The first kappa shape index (κ1) is 18.5.